The molecule has 1 heterocycles. The van der Waals surface area contributed by atoms with Gasteiger partial charge in [-0.3, -0.25) is 4.99 Å². The highest BCUT2D eigenvalue weighted by Crippen LogP contribution is 2.24. The lowest BCUT2D eigenvalue weighted by atomic mass is 10.1. The van der Waals surface area contributed by atoms with Crippen LogP contribution in [0.5, 0.6) is 0 Å². The summed E-state index contributed by atoms with van der Waals surface area (Å²) in [7, 11) is 1.77. The topological polar surface area (TPSA) is 58.8 Å². The van der Waals surface area contributed by atoms with Crippen molar-refractivity contribution in [3.05, 3.63) is 35.6 Å². The van der Waals surface area contributed by atoms with Gasteiger partial charge in [-0.2, -0.15) is 0 Å². The monoisotopic (exact) mass is 303 g/mol. The highest BCUT2D eigenvalue weighted by molar-refractivity contribution is 5.82. The molecule has 0 saturated heterocycles. The van der Waals surface area contributed by atoms with Crippen molar-refractivity contribution in [3.8, 4) is 0 Å². The van der Waals surface area contributed by atoms with Crippen molar-refractivity contribution in [1.82, 2.24) is 10.6 Å². The van der Waals surface area contributed by atoms with Gasteiger partial charge in [0.2, 0.25) is 0 Å². The van der Waals surface area contributed by atoms with Gasteiger partial charge in [0.1, 0.15) is 11.3 Å². The predicted octanol–water partition coefficient (Wildman–Crippen LogP) is 2.83. The van der Waals surface area contributed by atoms with Gasteiger partial charge in [-0.25, -0.2) is 0 Å². The molecule has 5 heteroatoms. The van der Waals surface area contributed by atoms with Crippen molar-refractivity contribution in [2.24, 2.45) is 4.99 Å². The zero-order valence-corrected chi connectivity index (χ0v) is 13.6. The number of nitrogens with one attached hydrogen (secondary N) is 2. The Balaban J connectivity index is 1.85. The smallest absolute Gasteiger partial charge is 0.191 e. The third-order valence-corrected chi connectivity index (χ3v) is 3.54. The van der Waals surface area contributed by atoms with E-state index in [0.717, 1.165) is 43.5 Å². The lowest BCUT2D eigenvalue weighted by Crippen LogP contribution is -2.37. The molecule has 2 aromatic rings. The van der Waals surface area contributed by atoms with Crippen LogP contribution >= 0.6 is 0 Å². The van der Waals surface area contributed by atoms with Crippen LogP contribution in [0, 0.1) is 6.92 Å². The second-order valence-corrected chi connectivity index (χ2v) is 5.05. The molecular weight excluding hydrogens is 278 g/mol. The number of aryl methyl sites for hydroxylation is 1. The van der Waals surface area contributed by atoms with Gasteiger partial charge in [0.15, 0.2) is 5.96 Å². The van der Waals surface area contributed by atoms with Crippen LogP contribution in [0.2, 0.25) is 0 Å². The average Bonchev–Trinajstić information content (AvgIpc) is 2.87. The van der Waals surface area contributed by atoms with Crippen molar-refractivity contribution in [2.75, 3.05) is 26.8 Å². The summed E-state index contributed by atoms with van der Waals surface area (Å²) in [6, 6.07) is 8.09. The molecule has 0 bridgehead atoms. The largest absolute Gasteiger partial charge is 0.459 e. The number of ether oxygens (including phenoxy) is 1. The third-order valence-electron chi connectivity index (χ3n) is 3.54. The molecule has 0 saturated carbocycles. The van der Waals surface area contributed by atoms with Gasteiger partial charge >= 0.3 is 0 Å². The first kappa shape index (κ1) is 16.4. The van der Waals surface area contributed by atoms with Crippen LogP contribution in [-0.2, 0) is 11.3 Å². The van der Waals surface area contributed by atoms with Crippen molar-refractivity contribution in [1.29, 1.82) is 0 Å². The first-order valence-electron chi connectivity index (χ1n) is 7.75. The Kier molecular flexibility index (Phi) is 6.27. The van der Waals surface area contributed by atoms with Gasteiger partial charge in [0, 0.05) is 37.8 Å². The molecule has 0 fully saturated rings. The quantitative estimate of drug-likeness (QED) is 0.469. The number of hydrogen-bond donors (Lipinski definition) is 2. The van der Waals surface area contributed by atoms with Crippen LogP contribution in [0.3, 0.4) is 0 Å². The first-order chi connectivity index (χ1) is 10.8. The first-order valence-corrected chi connectivity index (χ1v) is 7.75. The summed E-state index contributed by atoms with van der Waals surface area (Å²) in [6.07, 6.45) is 0.957. The van der Waals surface area contributed by atoms with Gasteiger partial charge in [-0.1, -0.05) is 18.2 Å². The Hall–Kier alpha value is -2.01. The standard InChI is InChI=1S/C17H25N3O2/c1-4-21-11-7-10-19-17(18-3)20-12-16-13(2)14-8-5-6-9-15(14)22-16/h5-6,8-9H,4,7,10-12H2,1-3H3,(H2,18,19,20). The van der Waals surface area contributed by atoms with E-state index in [0.29, 0.717) is 6.54 Å². The zero-order valence-electron chi connectivity index (χ0n) is 13.6. The van der Waals surface area contributed by atoms with Gasteiger partial charge in [0.25, 0.3) is 0 Å². The molecule has 22 heavy (non-hydrogen) atoms. The Morgan fingerprint density at radius 2 is 2.09 bits per heavy atom. The fourth-order valence-electron chi connectivity index (χ4n) is 2.30. The molecule has 1 aromatic carbocycles. The van der Waals surface area contributed by atoms with E-state index in [-0.39, 0.29) is 0 Å². The number of rotatable bonds is 7. The maximum Gasteiger partial charge on any atom is 0.191 e. The molecule has 0 aliphatic heterocycles. The summed E-state index contributed by atoms with van der Waals surface area (Å²) in [6.45, 7) is 7.07. The Labute approximate surface area is 131 Å². The molecule has 0 amide bonds. The predicted molar refractivity (Wildman–Crippen MR) is 90.3 cm³/mol. The summed E-state index contributed by atoms with van der Waals surface area (Å²) < 4.78 is 11.2. The molecule has 0 spiro atoms. The SMILES string of the molecule is CCOCCCNC(=NC)NCc1oc2ccccc2c1C. The fourth-order valence-corrected chi connectivity index (χ4v) is 2.30. The van der Waals surface area contributed by atoms with Crippen molar-refractivity contribution >= 4 is 16.9 Å². The van der Waals surface area contributed by atoms with E-state index in [4.69, 9.17) is 9.15 Å². The molecule has 120 valence electrons. The summed E-state index contributed by atoms with van der Waals surface area (Å²) >= 11 is 0. The van der Waals surface area contributed by atoms with Gasteiger partial charge in [-0.05, 0) is 26.3 Å². The number of nitrogens with zero attached hydrogens (tertiary/aromatic N) is 1. The average molecular weight is 303 g/mol. The van der Waals surface area contributed by atoms with Gasteiger partial charge in [-0.15, -0.1) is 0 Å². The number of aliphatic imine (C=N–C) groups is 1. The summed E-state index contributed by atoms with van der Waals surface area (Å²) in [5.41, 5.74) is 2.10. The molecule has 0 aliphatic carbocycles. The Bertz CT molecular complexity index is 619. The molecule has 2 N–H and O–H groups in total. The van der Waals surface area contributed by atoms with E-state index in [1.54, 1.807) is 7.05 Å². The van der Waals surface area contributed by atoms with Crippen LogP contribution in [-0.4, -0.2) is 32.8 Å². The second-order valence-electron chi connectivity index (χ2n) is 5.05. The molecule has 0 aliphatic rings. The molecule has 2 rings (SSSR count). The second kappa shape index (κ2) is 8.44. The summed E-state index contributed by atoms with van der Waals surface area (Å²) in [5.74, 6) is 1.72. The van der Waals surface area contributed by atoms with Crippen LogP contribution in [0.15, 0.2) is 33.7 Å². The lowest BCUT2D eigenvalue weighted by Gasteiger charge is -2.11. The summed E-state index contributed by atoms with van der Waals surface area (Å²) in [5, 5.41) is 7.72. The van der Waals surface area contributed by atoms with Crippen molar-refractivity contribution in [2.45, 2.75) is 26.8 Å². The maximum atomic E-state index is 5.89. The van der Waals surface area contributed by atoms with E-state index in [1.165, 1.54) is 10.9 Å². The van der Waals surface area contributed by atoms with Crippen molar-refractivity contribution < 1.29 is 9.15 Å². The van der Waals surface area contributed by atoms with Crippen LogP contribution < -0.4 is 10.6 Å². The number of hydrogen-bond acceptors (Lipinski definition) is 3. The zero-order chi connectivity index (χ0) is 15.8. The molecule has 0 atom stereocenters. The van der Waals surface area contributed by atoms with Gasteiger partial charge < -0.3 is 19.8 Å². The number of furan rings is 1. The minimum absolute atomic E-state index is 0.617. The fraction of sp³-hybridized carbons (Fsp3) is 0.471. The van der Waals surface area contributed by atoms with Gasteiger partial charge in [0.05, 0.1) is 6.54 Å². The molecular formula is C17H25N3O2. The van der Waals surface area contributed by atoms with Crippen LogP contribution in [0.1, 0.15) is 24.7 Å². The maximum absolute atomic E-state index is 5.89. The lowest BCUT2D eigenvalue weighted by molar-refractivity contribution is 0.145. The summed E-state index contributed by atoms with van der Waals surface area (Å²) in [4.78, 5) is 4.22. The normalized spacial score (nSPS) is 11.9. The Morgan fingerprint density at radius 1 is 1.27 bits per heavy atom. The van der Waals surface area contributed by atoms with Crippen LogP contribution in [0.25, 0.3) is 11.0 Å². The van der Waals surface area contributed by atoms with E-state index < -0.39 is 0 Å². The molecule has 1 aromatic heterocycles. The molecule has 0 radical (unpaired) electrons. The van der Waals surface area contributed by atoms with E-state index in [9.17, 15) is 0 Å². The number of para-hydroxylation sites is 1. The number of benzene rings is 1. The minimum Gasteiger partial charge on any atom is -0.459 e. The number of fused-ring (bicyclic) bond motifs is 1. The van der Waals surface area contributed by atoms with E-state index >= 15 is 0 Å². The highest BCUT2D eigenvalue weighted by atomic mass is 16.5. The minimum atomic E-state index is 0.617. The van der Waals surface area contributed by atoms with E-state index in [1.807, 2.05) is 25.1 Å². The van der Waals surface area contributed by atoms with Crippen molar-refractivity contribution in [3.63, 3.8) is 0 Å². The molecule has 5 nitrogen and oxygen atoms in total. The number of guanidine groups is 1. The van der Waals surface area contributed by atoms with Crippen LogP contribution in [0.4, 0.5) is 0 Å². The molecule has 0 unspecified atom stereocenters. The highest BCUT2D eigenvalue weighted by Gasteiger charge is 2.10. The Morgan fingerprint density at radius 3 is 2.82 bits per heavy atom. The van der Waals surface area contributed by atoms with E-state index in [2.05, 4.69) is 28.6 Å². The third kappa shape index (κ3) is 4.24.